The molecule has 6 rings (SSSR count). The van der Waals surface area contributed by atoms with Crippen LogP contribution in [-0.2, 0) is 12.0 Å². The summed E-state index contributed by atoms with van der Waals surface area (Å²) in [6.45, 7) is 15.8. The first-order valence-corrected chi connectivity index (χ1v) is 15.6. The van der Waals surface area contributed by atoms with Gasteiger partial charge in [-0.05, 0) is 113 Å². The Morgan fingerprint density at radius 2 is 1.20 bits per heavy atom. The number of para-hydroxylation sites is 1. The summed E-state index contributed by atoms with van der Waals surface area (Å²) in [4.78, 5) is 2.16. The van der Waals surface area contributed by atoms with Crippen LogP contribution in [0.2, 0.25) is 0 Å². The minimum absolute atomic E-state index is 0.105. The smallest absolute Gasteiger partial charge is 0.127 e. The van der Waals surface area contributed by atoms with E-state index in [1.165, 1.54) is 66.8 Å². The zero-order valence-electron chi connectivity index (χ0n) is 27.0. The molecule has 44 heavy (non-hydrogen) atoms. The van der Waals surface area contributed by atoms with E-state index in [1.54, 1.807) is 0 Å². The largest absolute Gasteiger partial charge is 0.361 e. The number of hydrogen-bond acceptors (Lipinski definition) is 2. The maximum Gasteiger partial charge on any atom is 0.127 e. The summed E-state index contributed by atoms with van der Waals surface area (Å²) in [6, 6.07) is 38.1. The van der Waals surface area contributed by atoms with E-state index in [0.717, 1.165) is 12.2 Å². The third-order valence-corrected chi connectivity index (χ3v) is 9.02. The molecule has 222 valence electrons. The summed E-state index contributed by atoms with van der Waals surface area (Å²) in [7, 11) is 0. The van der Waals surface area contributed by atoms with Crippen LogP contribution in [0.3, 0.4) is 0 Å². The summed E-state index contributed by atoms with van der Waals surface area (Å²) in [5, 5.41) is 12.4. The molecular formula is C41H43N3. The second-order valence-electron chi connectivity index (χ2n) is 13.4. The average molecular weight is 578 g/mol. The SMILES string of the molecule is CC(=N)N1Cc2ccc(-c3cc(-c4ccc(C)cc4)cc(-c4ccc(C(C)(C)C)cc4)c3)cc2C1Nc1c(C)cccc1C. The van der Waals surface area contributed by atoms with Crippen molar-refractivity contribution in [1.29, 1.82) is 5.41 Å². The first-order valence-electron chi connectivity index (χ1n) is 15.6. The van der Waals surface area contributed by atoms with Gasteiger partial charge in [-0.25, -0.2) is 0 Å². The summed E-state index contributed by atoms with van der Waals surface area (Å²) in [6.07, 6.45) is -0.105. The van der Waals surface area contributed by atoms with E-state index >= 15 is 0 Å². The van der Waals surface area contributed by atoms with Crippen LogP contribution in [0.15, 0.2) is 103 Å². The number of nitrogens with one attached hydrogen (secondary N) is 2. The van der Waals surface area contributed by atoms with E-state index in [9.17, 15) is 0 Å². The highest BCUT2D eigenvalue weighted by Gasteiger charge is 2.31. The van der Waals surface area contributed by atoms with Crippen LogP contribution in [0.1, 0.15) is 67.2 Å². The van der Waals surface area contributed by atoms with E-state index in [4.69, 9.17) is 5.41 Å². The number of fused-ring (bicyclic) bond motifs is 1. The van der Waals surface area contributed by atoms with Crippen molar-refractivity contribution in [3.05, 3.63) is 137 Å². The van der Waals surface area contributed by atoms with Gasteiger partial charge in [0.05, 0.1) is 5.84 Å². The zero-order valence-corrected chi connectivity index (χ0v) is 27.0. The summed E-state index contributed by atoms with van der Waals surface area (Å²) < 4.78 is 0. The zero-order chi connectivity index (χ0) is 31.2. The van der Waals surface area contributed by atoms with Crippen molar-refractivity contribution in [2.45, 2.75) is 66.6 Å². The first-order chi connectivity index (χ1) is 21.0. The van der Waals surface area contributed by atoms with Crippen LogP contribution in [-0.4, -0.2) is 10.7 Å². The monoisotopic (exact) mass is 577 g/mol. The Morgan fingerprint density at radius 3 is 1.75 bits per heavy atom. The summed E-state index contributed by atoms with van der Waals surface area (Å²) in [5.41, 5.74) is 16.0. The minimum Gasteiger partial charge on any atom is -0.361 e. The van der Waals surface area contributed by atoms with Crippen LogP contribution < -0.4 is 5.32 Å². The number of amidine groups is 1. The molecule has 0 amide bonds. The third kappa shape index (κ3) is 5.79. The molecule has 0 saturated heterocycles. The molecule has 3 heteroatoms. The van der Waals surface area contributed by atoms with E-state index in [1.807, 2.05) is 6.92 Å². The summed E-state index contributed by atoms with van der Waals surface area (Å²) in [5.74, 6) is 0.564. The molecule has 0 aromatic heterocycles. The number of rotatable bonds is 5. The van der Waals surface area contributed by atoms with Crippen LogP contribution in [0, 0.1) is 26.2 Å². The van der Waals surface area contributed by atoms with Crippen LogP contribution in [0.4, 0.5) is 5.69 Å². The van der Waals surface area contributed by atoms with Crippen LogP contribution >= 0.6 is 0 Å². The van der Waals surface area contributed by atoms with Crippen molar-refractivity contribution in [2.75, 3.05) is 5.32 Å². The quantitative estimate of drug-likeness (QED) is 0.161. The molecule has 5 aromatic carbocycles. The maximum atomic E-state index is 8.59. The van der Waals surface area contributed by atoms with Crippen molar-refractivity contribution >= 4 is 11.5 Å². The maximum absolute atomic E-state index is 8.59. The van der Waals surface area contributed by atoms with Gasteiger partial charge in [-0.15, -0.1) is 0 Å². The third-order valence-electron chi connectivity index (χ3n) is 9.02. The lowest BCUT2D eigenvalue weighted by Crippen LogP contribution is -2.31. The predicted molar refractivity (Wildman–Crippen MR) is 187 cm³/mol. The molecule has 1 unspecified atom stereocenters. The van der Waals surface area contributed by atoms with Crippen molar-refractivity contribution in [1.82, 2.24) is 4.90 Å². The molecule has 0 fully saturated rings. The number of nitrogens with zero attached hydrogens (tertiary/aromatic N) is 1. The van der Waals surface area contributed by atoms with E-state index in [0.29, 0.717) is 5.84 Å². The van der Waals surface area contributed by atoms with E-state index < -0.39 is 0 Å². The Balaban J connectivity index is 1.46. The Bertz CT molecular complexity index is 1820. The second kappa shape index (κ2) is 11.5. The van der Waals surface area contributed by atoms with Crippen molar-refractivity contribution in [3.63, 3.8) is 0 Å². The Labute approximate surface area is 263 Å². The predicted octanol–water partition coefficient (Wildman–Crippen LogP) is 10.8. The van der Waals surface area contributed by atoms with Gasteiger partial charge in [-0.1, -0.05) is 105 Å². The molecule has 0 spiro atoms. The topological polar surface area (TPSA) is 39.1 Å². The Morgan fingerprint density at radius 1 is 0.682 bits per heavy atom. The first kappa shape index (κ1) is 29.4. The standard InChI is InChI=1S/C41H43N3/c1-26-11-13-30(14-12-26)34-21-35(31-17-19-37(20-18-31)41(5,6)7)23-36(22-34)32-15-16-33-25-44(29(4)42)40(38(33)24-32)43-39-27(2)9-8-10-28(39)3/h8-24,40,42-43H,25H2,1-7H3. The van der Waals surface area contributed by atoms with Crippen LogP contribution in [0.5, 0.6) is 0 Å². The van der Waals surface area contributed by atoms with E-state index in [-0.39, 0.29) is 11.6 Å². The van der Waals surface area contributed by atoms with Gasteiger partial charge in [0.15, 0.2) is 0 Å². The van der Waals surface area contributed by atoms with Gasteiger partial charge in [0, 0.05) is 17.8 Å². The van der Waals surface area contributed by atoms with Gasteiger partial charge in [-0.2, -0.15) is 0 Å². The van der Waals surface area contributed by atoms with Gasteiger partial charge in [-0.3, -0.25) is 5.41 Å². The Hall–Kier alpha value is -4.63. The number of hydrogen-bond donors (Lipinski definition) is 2. The van der Waals surface area contributed by atoms with Gasteiger partial charge in [0.25, 0.3) is 0 Å². The van der Waals surface area contributed by atoms with Crippen molar-refractivity contribution in [3.8, 4) is 33.4 Å². The fourth-order valence-electron chi connectivity index (χ4n) is 6.30. The van der Waals surface area contributed by atoms with Gasteiger partial charge in [0.1, 0.15) is 6.17 Å². The highest BCUT2D eigenvalue weighted by atomic mass is 15.3. The molecule has 1 atom stereocenters. The molecule has 2 N–H and O–H groups in total. The number of benzene rings is 5. The molecule has 1 heterocycles. The molecule has 3 nitrogen and oxygen atoms in total. The lowest BCUT2D eigenvalue weighted by atomic mass is 9.85. The van der Waals surface area contributed by atoms with Crippen LogP contribution in [0.25, 0.3) is 33.4 Å². The molecule has 0 aliphatic carbocycles. The number of anilines is 1. The minimum atomic E-state index is -0.105. The molecule has 1 aliphatic rings. The summed E-state index contributed by atoms with van der Waals surface area (Å²) >= 11 is 0. The van der Waals surface area contributed by atoms with E-state index in [2.05, 4.69) is 155 Å². The number of aryl methyl sites for hydroxylation is 3. The molecule has 0 saturated carbocycles. The molecule has 5 aromatic rings. The van der Waals surface area contributed by atoms with Gasteiger partial charge in [0.2, 0.25) is 0 Å². The Kier molecular flexibility index (Phi) is 7.67. The highest BCUT2D eigenvalue weighted by Crippen LogP contribution is 2.40. The average Bonchev–Trinajstić information content (AvgIpc) is 3.37. The molecule has 1 aliphatic heterocycles. The van der Waals surface area contributed by atoms with Gasteiger partial charge >= 0.3 is 0 Å². The van der Waals surface area contributed by atoms with Crippen molar-refractivity contribution in [2.24, 2.45) is 0 Å². The fraction of sp³-hybridized carbons (Fsp3) is 0.244. The molecule has 0 bridgehead atoms. The lowest BCUT2D eigenvalue weighted by Gasteiger charge is -2.29. The van der Waals surface area contributed by atoms with Crippen molar-refractivity contribution < 1.29 is 0 Å². The lowest BCUT2D eigenvalue weighted by molar-refractivity contribution is 0.372. The van der Waals surface area contributed by atoms with Gasteiger partial charge < -0.3 is 10.2 Å². The fourth-order valence-corrected chi connectivity index (χ4v) is 6.30. The molecular weight excluding hydrogens is 534 g/mol. The normalized spacial score (nSPS) is 14.4. The molecule has 0 radical (unpaired) electrons. The highest BCUT2D eigenvalue weighted by molar-refractivity contribution is 5.83. The second-order valence-corrected chi connectivity index (χ2v) is 13.4.